The van der Waals surface area contributed by atoms with Gasteiger partial charge in [0.25, 0.3) is 5.92 Å². The molecule has 2 heterocycles. The Hall–Kier alpha value is -5.01. The summed E-state index contributed by atoms with van der Waals surface area (Å²) in [4.78, 5) is 26.5. The van der Waals surface area contributed by atoms with Crippen LogP contribution in [0.25, 0.3) is 11.4 Å². The van der Waals surface area contributed by atoms with Crippen LogP contribution in [-0.2, 0) is 38.6 Å². The van der Waals surface area contributed by atoms with Gasteiger partial charge in [-0.25, -0.2) is 17.2 Å². The summed E-state index contributed by atoms with van der Waals surface area (Å²) >= 11 is 0. The minimum atomic E-state index is -4.96. The third kappa shape index (κ3) is 9.57. The first kappa shape index (κ1) is 37.8. The van der Waals surface area contributed by atoms with Gasteiger partial charge in [0, 0.05) is 43.7 Å². The molecule has 4 aromatic rings. The van der Waals surface area contributed by atoms with Crippen LogP contribution in [0.4, 0.5) is 22.0 Å². The van der Waals surface area contributed by atoms with Crippen LogP contribution >= 0.6 is 0 Å². The van der Waals surface area contributed by atoms with Crippen LogP contribution in [0.2, 0.25) is 0 Å². The van der Waals surface area contributed by atoms with Gasteiger partial charge in [0.2, 0.25) is 21.8 Å². The number of carboxylic acids is 1. The number of halogens is 5. The average molecular weight is 726 g/mol. The van der Waals surface area contributed by atoms with Gasteiger partial charge in [-0.2, -0.15) is 9.10 Å². The third-order valence-corrected chi connectivity index (χ3v) is 9.37. The molecule has 1 fully saturated rings. The van der Waals surface area contributed by atoms with Crippen molar-refractivity contribution in [3.8, 4) is 17.1 Å². The number of hydrogen-bond acceptors (Lipinski definition) is 9. The lowest BCUT2D eigenvalue weighted by molar-refractivity contribution is -0.274. The Balaban J connectivity index is 0.000000363. The molecule has 3 aromatic carbocycles. The Bertz CT molecular complexity index is 1860. The summed E-state index contributed by atoms with van der Waals surface area (Å²) in [5.74, 6) is -5.10. The molecule has 1 amide bonds. The number of carboxylic acid groups (broad SMARTS) is 1. The van der Waals surface area contributed by atoms with E-state index in [0.29, 0.717) is 22.2 Å². The minimum Gasteiger partial charge on any atom is -0.480 e. The molecule has 0 aliphatic carbocycles. The second kappa shape index (κ2) is 15.7. The highest BCUT2D eigenvalue weighted by atomic mass is 32.2. The highest BCUT2D eigenvalue weighted by Gasteiger charge is 2.41. The van der Waals surface area contributed by atoms with E-state index in [0.717, 1.165) is 34.6 Å². The number of ether oxygens (including phenoxy) is 1. The number of hydrogen-bond donors (Lipinski definition) is 2. The number of nitrogens with two attached hydrogens (primary N) is 1. The Kier molecular flexibility index (Phi) is 11.9. The van der Waals surface area contributed by atoms with E-state index in [4.69, 9.17) is 5.73 Å². The van der Waals surface area contributed by atoms with Crippen LogP contribution in [0.3, 0.4) is 0 Å². The lowest BCUT2D eigenvalue weighted by atomic mass is 10.0. The van der Waals surface area contributed by atoms with Crippen LogP contribution in [-0.4, -0.2) is 86.9 Å². The van der Waals surface area contributed by atoms with E-state index >= 15 is 0 Å². The number of aromatic nitrogens is 4. The van der Waals surface area contributed by atoms with Gasteiger partial charge in [0.1, 0.15) is 18.3 Å². The summed E-state index contributed by atoms with van der Waals surface area (Å²) in [5, 5.41) is 21.5. The first-order valence-electron chi connectivity index (χ1n) is 14.9. The van der Waals surface area contributed by atoms with Gasteiger partial charge < -0.3 is 20.5 Å². The molecule has 268 valence electrons. The number of aliphatic carboxylic acids is 1. The Morgan fingerprint density at radius 3 is 2.16 bits per heavy atom. The van der Waals surface area contributed by atoms with E-state index < -0.39 is 57.4 Å². The highest BCUT2D eigenvalue weighted by molar-refractivity contribution is 7.89. The zero-order valence-corrected chi connectivity index (χ0v) is 27.2. The number of rotatable bonds is 10. The van der Waals surface area contributed by atoms with Crippen LogP contribution < -0.4 is 10.5 Å². The predicted molar refractivity (Wildman–Crippen MR) is 167 cm³/mol. The fourth-order valence-corrected chi connectivity index (χ4v) is 6.32. The van der Waals surface area contributed by atoms with E-state index in [-0.39, 0.29) is 31.6 Å². The van der Waals surface area contributed by atoms with Crippen LogP contribution in [0.5, 0.6) is 5.75 Å². The standard InChI is InChI=1S/C21H19F3N6O6S.C10H13F2N/c22-21(23,24)36-15-6-8-16(9-7-15)37(34,35)29-11-10-28(12-17(29)20(32)33)18(31)13-30-26-19(25-27-30)14-4-2-1-3-5-14;1-2-10(11,12)9-5-3-8(7-13)4-6-9/h1-9,17H,10-13H2,(H,32,33);3-6H,2,7,13H2,1H3/t17-;/m1./s1. The van der Waals surface area contributed by atoms with Crippen molar-refractivity contribution in [2.24, 2.45) is 5.73 Å². The number of nitrogens with zero attached hydrogens (tertiary/aromatic N) is 6. The molecule has 3 N–H and O–H groups in total. The van der Waals surface area contributed by atoms with Crippen molar-refractivity contribution < 1.29 is 49.8 Å². The molecule has 1 aliphatic heterocycles. The largest absolute Gasteiger partial charge is 0.573 e. The number of sulfonamides is 1. The van der Waals surface area contributed by atoms with Crippen LogP contribution in [0, 0.1) is 0 Å². The summed E-state index contributed by atoms with van der Waals surface area (Å²) < 4.78 is 93.8. The maximum atomic E-state index is 13.1. The van der Waals surface area contributed by atoms with Gasteiger partial charge in [-0.3, -0.25) is 9.59 Å². The monoisotopic (exact) mass is 725 g/mol. The van der Waals surface area contributed by atoms with E-state index in [2.05, 4.69) is 20.1 Å². The molecule has 19 heteroatoms. The molecule has 0 bridgehead atoms. The molecule has 1 atom stereocenters. The lowest BCUT2D eigenvalue weighted by Crippen LogP contribution is -2.59. The molecule has 1 aliphatic rings. The zero-order valence-electron chi connectivity index (χ0n) is 26.4. The summed E-state index contributed by atoms with van der Waals surface area (Å²) in [6, 6.07) is 16.8. The molecule has 5 rings (SSSR count). The number of carbonyl (C=O) groups excluding carboxylic acids is 1. The van der Waals surface area contributed by atoms with Gasteiger partial charge in [-0.15, -0.1) is 23.4 Å². The number of benzene rings is 3. The van der Waals surface area contributed by atoms with Crippen LogP contribution in [0.15, 0.2) is 83.8 Å². The molecule has 0 unspecified atom stereocenters. The second-order valence-corrected chi connectivity index (χ2v) is 12.7. The second-order valence-electron chi connectivity index (χ2n) is 10.8. The Morgan fingerprint density at radius 1 is 0.960 bits per heavy atom. The van der Waals surface area contributed by atoms with E-state index in [9.17, 15) is 45.1 Å². The number of tetrazole rings is 1. The Labute approximate surface area is 283 Å². The minimum absolute atomic E-state index is 0.0622. The summed E-state index contributed by atoms with van der Waals surface area (Å²) in [6.45, 7) is 0.570. The van der Waals surface area contributed by atoms with E-state index in [1.807, 2.05) is 6.07 Å². The fraction of sp³-hybridized carbons (Fsp3) is 0.323. The van der Waals surface area contributed by atoms with Gasteiger partial charge in [0.05, 0.1) is 4.90 Å². The van der Waals surface area contributed by atoms with Crippen molar-refractivity contribution in [2.45, 2.75) is 49.7 Å². The molecular formula is C31H32F5N7O6S. The molecule has 50 heavy (non-hydrogen) atoms. The average Bonchev–Trinajstić information content (AvgIpc) is 3.56. The van der Waals surface area contributed by atoms with Crippen molar-refractivity contribution in [1.82, 2.24) is 29.4 Å². The molecule has 1 aromatic heterocycles. The molecule has 0 radical (unpaired) electrons. The van der Waals surface area contributed by atoms with Crippen molar-refractivity contribution in [2.75, 3.05) is 19.6 Å². The number of carbonyl (C=O) groups is 2. The Morgan fingerprint density at radius 2 is 1.60 bits per heavy atom. The van der Waals surface area contributed by atoms with Gasteiger partial charge in [-0.05, 0) is 35.0 Å². The third-order valence-electron chi connectivity index (χ3n) is 7.45. The van der Waals surface area contributed by atoms with Crippen molar-refractivity contribution >= 4 is 21.9 Å². The first-order chi connectivity index (χ1) is 23.5. The predicted octanol–water partition coefficient (Wildman–Crippen LogP) is 3.87. The lowest BCUT2D eigenvalue weighted by Gasteiger charge is -2.38. The van der Waals surface area contributed by atoms with E-state index in [1.54, 1.807) is 36.4 Å². The number of alkyl halides is 5. The van der Waals surface area contributed by atoms with E-state index in [1.165, 1.54) is 24.0 Å². The topological polar surface area (TPSA) is 174 Å². The van der Waals surface area contributed by atoms with Gasteiger partial charge >= 0.3 is 12.3 Å². The molecular weight excluding hydrogens is 693 g/mol. The number of amides is 1. The smallest absolute Gasteiger partial charge is 0.480 e. The maximum Gasteiger partial charge on any atom is 0.573 e. The highest BCUT2D eigenvalue weighted by Crippen LogP contribution is 2.31. The van der Waals surface area contributed by atoms with Gasteiger partial charge in [-0.1, -0.05) is 61.5 Å². The maximum absolute atomic E-state index is 13.1. The molecule has 0 spiro atoms. The normalized spacial score (nSPS) is 15.6. The molecule has 0 saturated carbocycles. The first-order valence-corrected chi connectivity index (χ1v) is 16.4. The van der Waals surface area contributed by atoms with Crippen LogP contribution in [0.1, 0.15) is 24.5 Å². The summed E-state index contributed by atoms with van der Waals surface area (Å²) in [5.41, 5.74) is 6.97. The van der Waals surface area contributed by atoms with Crippen molar-refractivity contribution in [3.05, 3.63) is 90.0 Å². The molecule has 1 saturated heterocycles. The summed E-state index contributed by atoms with van der Waals surface area (Å²) in [6.07, 6.45) is -5.13. The fourth-order valence-electron chi connectivity index (χ4n) is 4.75. The van der Waals surface area contributed by atoms with Crippen molar-refractivity contribution in [3.63, 3.8) is 0 Å². The SMILES string of the molecule is CCC(F)(F)c1ccc(CN)cc1.O=C(O)[C@H]1CN(C(=O)Cn2nnc(-c3ccccc3)n2)CCN1S(=O)(=O)c1ccc(OC(F)(F)F)cc1. The zero-order chi connectivity index (χ0) is 36.7. The molecule has 13 nitrogen and oxygen atoms in total. The number of piperazine rings is 1. The van der Waals surface area contributed by atoms with Gasteiger partial charge in [0.15, 0.2) is 0 Å². The van der Waals surface area contributed by atoms with Crippen molar-refractivity contribution in [1.29, 1.82) is 0 Å². The summed E-state index contributed by atoms with van der Waals surface area (Å²) in [7, 11) is -4.41. The quantitative estimate of drug-likeness (QED) is 0.229.